The number of fused-ring (bicyclic) bond motifs is 1. The van der Waals surface area contributed by atoms with Crippen LogP contribution in [-0.4, -0.2) is 11.6 Å². The van der Waals surface area contributed by atoms with Gasteiger partial charge in [-0.15, -0.1) is 0 Å². The van der Waals surface area contributed by atoms with Gasteiger partial charge in [0.25, 0.3) is 0 Å². The van der Waals surface area contributed by atoms with Crippen molar-refractivity contribution < 1.29 is 0 Å². The van der Waals surface area contributed by atoms with Crippen molar-refractivity contribution in [2.45, 2.75) is 6.54 Å². The molecule has 0 spiro atoms. The smallest absolute Gasteiger partial charge is 0.0661 e. The van der Waals surface area contributed by atoms with Gasteiger partial charge in [-0.1, -0.05) is 29.8 Å². The Hall–Kier alpha value is -0.990. The predicted octanol–water partition coefficient (Wildman–Crippen LogP) is 2.55. The van der Waals surface area contributed by atoms with Gasteiger partial charge >= 0.3 is 0 Å². The van der Waals surface area contributed by atoms with Crippen LogP contribution in [0.5, 0.6) is 0 Å². The zero-order valence-corrected chi connectivity index (χ0v) is 9.10. The van der Waals surface area contributed by atoms with Crippen molar-refractivity contribution in [3.63, 3.8) is 0 Å². The molecule has 0 aliphatic carbocycles. The maximum atomic E-state index is 6.11. The topological polar surface area (TPSA) is 17.0 Å². The molecule has 1 aromatic heterocycles. The number of para-hydroxylation sites is 1. The minimum Gasteiger partial charge on any atom is -0.349 e. The van der Waals surface area contributed by atoms with Crippen molar-refractivity contribution in [1.29, 1.82) is 0 Å². The van der Waals surface area contributed by atoms with E-state index in [0.29, 0.717) is 0 Å². The van der Waals surface area contributed by atoms with Gasteiger partial charge in [-0.05, 0) is 12.6 Å². The second kappa shape index (κ2) is 3.64. The van der Waals surface area contributed by atoms with E-state index in [1.54, 1.807) is 0 Å². The molecule has 0 atom stereocenters. The highest BCUT2D eigenvalue weighted by atomic mass is 35.5. The molecule has 0 saturated carbocycles. The van der Waals surface area contributed by atoms with Crippen LogP contribution < -0.4 is 5.32 Å². The molecular weight excluding hydrogens is 196 g/mol. The molecule has 0 saturated heterocycles. The molecule has 0 bridgehead atoms. The molecule has 14 heavy (non-hydrogen) atoms. The molecule has 3 heteroatoms. The Bertz CT molecular complexity index is 460. The van der Waals surface area contributed by atoms with Gasteiger partial charge in [0.2, 0.25) is 0 Å². The van der Waals surface area contributed by atoms with Gasteiger partial charge < -0.3 is 9.88 Å². The van der Waals surface area contributed by atoms with Crippen molar-refractivity contribution in [2.75, 3.05) is 7.05 Å². The summed E-state index contributed by atoms with van der Waals surface area (Å²) in [5.41, 5.74) is 2.49. The van der Waals surface area contributed by atoms with E-state index < -0.39 is 0 Å². The number of rotatable bonds is 2. The third kappa shape index (κ3) is 1.41. The van der Waals surface area contributed by atoms with Crippen LogP contribution in [0.15, 0.2) is 24.4 Å². The molecule has 2 rings (SSSR count). The molecule has 0 radical (unpaired) electrons. The van der Waals surface area contributed by atoms with Crippen molar-refractivity contribution >= 4 is 22.5 Å². The highest BCUT2D eigenvalue weighted by molar-refractivity contribution is 6.35. The van der Waals surface area contributed by atoms with Crippen LogP contribution >= 0.6 is 11.6 Å². The number of hydrogen-bond donors (Lipinski definition) is 1. The normalized spacial score (nSPS) is 11.1. The zero-order chi connectivity index (χ0) is 10.1. The minimum absolute atomic E-state index is 0.820. The van der Waals surface area contributed by atoms with Gasteiger partial charge in [0.1, 0.15) is 0 Å². The summed E-state index contributed by atoms with van der Waals surface area (Å²) in [6, 6.07) is 6.22. The quantitative estimate of drug-likeness (QED) is 0.803. The molecular formula is C11H13ClN2. The third-order valence-corrected chi connectivity index (χ3v) is 2.71. The first-order valence-electron chi connectivity index (χ1n) is 4.61. The fraction of sp³-hybridized carbons (Fsp3) is 0.273. The lowest BCUT2D eigenvalue weighted by Crippen LogP contribution is -2.06. The lowest BCUT2D eigenvalue weighted by molar-refractivity contribution is 0.815. The Morgan fingerprint density at radius 2 is 2.21 bits per heavy atom. The Labute approximate surface area is 88.5 Å². The van der Waals surface area contributed by atoms with E-state index in [4.69, 9.17) is 11.6 Å². The number of nitrogens with one attached hydrogen (secondary N) is 1. The maximum Gasteiger partial charge on any atom is 0.0661 e. The van der Waals surface area contributed by atoms with Crippen LogP contribution in [0, 0.1) is 0 Å². The number of benzene rings is 1. The first kappa shape index (κ1) is 9.56. The Morgan fingerprint density at radius 3 is 2.93 bits per heavy atom. The molecule has 0 aliphatic heterocycles. The highest BCUT2D eigenvalue weighted by Crippen LogP contribution is 2.27. The summed E-state index contributed by atoms with van der Waals surface area (Å²) in [4.78, 5) is 0. The van der Waals surface area contributed by atoms with Crippen LogP contribution in [0.25, 0.3) is 10.9 Å². The van der Waals surface area contributed by atoms with E-state index in [9.17, 15) is 0 Å². The molecule has 2 nitrogen and oxygen atoms in total. The molecule has 0 aliphatic rings. The van der Waals surface area contributed by atoms with E-state index in [-0.39, 0.29) is 0 Å². The van der Waals surface area contributed by atoms with E-state index in [0.717, 1.165) is 17.0 Å². The Morgan fingerprint density at radius 1 is 1.43 bits per heavy atom. The molecule has 0 fully saturated rings. The zero-order valence-electron chi connectivity index (χ0n) is 8.34. The predicted molar refractivity (Wildman–Crippen MR) is 60.7 cm³/mol. The van der Waals surface area contributed by atoms with Crippen LogP contribution in [0.2, 0.25) is 5.02 Å². The van der Waals surface area contributed by atoms with Gasteiger partial charge in [-0.3, -0.25) is 0 Å². The average Bonchev–Trinajstić information content (AvgIpc) is 2.44. The summed E-state index contributed by atoms with van der Waals surface area (Å²) in [5.74, 6) is 0. The van der Waals surface area contributed by atoms with Crippen molar-refractivity contribution in [3.05, 3.63) is 35.0 Å². The van der Waals surface area contributed by atoms with Gasteiger partial charge in [0.15, 0.2) is 0 Å². The van der Waals surface area contributed by atoms with E-state index in [1.807, 2.05) is 26.4 Å². The molecule has 0 amide bonds. The summed E-state index contributed by atoms with van der Waals surface area (Å²) in [5, 5.41) is 5.10. The summed E-state index contributed by atoms with van der Waals surface area (Å²) >= 11 is 6.11. The first-order valence-corrected chi connectivity index (χ1v) is 4.99. The first-order chi connectivity index (χ1) is 6.74. The molecule has 1 N–H and O–H groups in total. The summed E-state index contributed by atoms with van der Waals surface area (Å²) in [6.07, 6.45) is 1.95. The SMILES string of the molecule is CNCc1cccc2c(Cl)cn(C)c12. The minimum atomic E-state index is 0.820. The maximum absolute atomic E-state index is 6.11. The Kier molecular flexibility index (Phi) is 2.48. The molecule has 1 aromatic carbocycles. The van der Waals surface area contributed by atoms with Crippen molar-refractivity contribution in [3.8, 4) is 0 Å². The van der Waals surface area contributed by atoms with E-state index in [1.165, 1.54) is 11.1 Å². The second-order valence-electron chi connectivity index (χ2n) is 3.43. The van der Waals surface area contributed by atoms with Gasteiger partial charge in [-0.25, -0.2) is 0 Å². The van der Waals surface area contributed by atoms with Gasteiger partial charge in [0, 0.05) is 25.2 Å². The van der Waals surface area contributed by atoms with Crippen LogP contribution in [0.4, 0.5) is 0 Å². The summed E-state index contributed by atoms with van der Waals surface area (Å²) in [6.45, 7) is 0.867. The molecule has 74 valence electrons. The standard InChI is InChI=1S/C11H13ClN2/c1-13-6-8-4-3-5-9-10(12)7-14(2)11(8)9/h3-5,7,13H,6H2,1-2H3. The van der Waals surface area contributed by atoms with E-state index in [2.05, 4.69) is 22.0 Å². The monoisotopic (exact) mass is 208 g/mol. The lowest BCUT2D eigenvalue weighted by atomic mass is 10.1. The molecule has 1 heterocycles. The summed E-state index contributed by atoms with van der Waals surface area (Å²) < 4.78 is 2.07. The van der Waals surface area contributed by atoms with Crippen LogP contribution in [0.3, 0.4) is 0 Å². The van der Waals surface area contributed by atoms with Crippen LogP contribution in [-0.2, 0) is 13.6 Å². The highest BCUT2D eigenvalue weighted by Gasteiger charge is 2.07. The number of aromatic nitrogens is 1. The number of halogens is 1. The lowest BCUT2D eigenvalue weighted by Gasteiger charge is -2.04. The second-order valence-corrected chi connectivity index (χ2v) is 3.84. The largest absolute Gasteiger partial charge is 0.349 e. The number of nitrogens with zero attached hydrogens (tertiary/aromatic N) is 1. The average molecular weight is 209 g/mol. The van der Waals surface area contributed by atoms with Gasteiger partial charge in [-0.2, -0.15) is 0 Å². The summed E-state index contributed by atoms with van der Waals surface area (Å²) in [7, 11) is 3.97. The fourth-order valence-corrected chi connectivity index (χ4v) is 2.14. The van der Waals surface area contributed by atoms with Crippen LogP contribution in [0.1, 0.15) is 5.56 Å². The van der Waals surface area contributed by atoms with Crippen molar-refractivity contribution in [1.82, 2.24) is 9.88 Å². The third-order valence-electron chi connectivity index (χ3n) is 2.40. The molecule has 0 unspecified atom stereocenters. The fourth-order valence-electron chi connectivity index (χ4n) is 1.84. The van der Waals surface area contributed by atoms with Gasteiger partial charge in [0.05, 0.1) is 10.5 Å². The number of aryl methyl sites for hydroxylation is 1. The Balaban J connectivity index is 2.72. The molecule has 2 aromatic rings. The van der Waals surface area contributed by atoms with Crippen molar-refractivity contribution in [2.24, 2.45) is 7.05 Å². The number of hydrogen-bond acceptors (Lipinski definition) is 1. The van der Waals surface area contributed by atoms with E-state index >= 15 is 0 Å².